The highest BCUT2D eigenvalue weighted by Gasteiger charge is 2.31. The molecule has 26 heavy (non-hydrogen) atoms. The molecule has 1 aromatic heterocycles. The van der Waals surface area contributed by atoms with E-state index in [-0.39, 0.29) is 18.5 Å². The summed E-state index contributed by atoms with van der Waals surface area (Å²) in [5, 5.41) is 0. The number of para-hydroxylation sites is 1. The second kappa shape index (κ2) is 6.82. The highest BCUT2D eigenvalue weighted by molar-refractivity contribution is 5.76. The number of fused-ring (bicyclic) bond motifs is 1. The van der Waals surface area contributed by atoms with E-state index in [1.807, 2.05) is 4.90 Å². The van der Waals surface area contributed by atoms with Gasteiger partial charge < -0.3 is 9.80 Å². The van der Waals surface area contributed by atoms with E-state index < -0.39 is 11.2 Å². The molecule has 1 saturated heterocycles. The number of rotatable bonds is 4. The van der Waals surface area contributed by atoms with E-state index in [2.05, 4.69) is 34.1 Å². The highest BCUT2D eigenvalue weighted by Crippen LogP contribution is 2.29. The first-order valence-corrected chi connectivity index (χ1v) is 9.04. The fourth-order valence-electron chi connectivity index (χ4n) is 4.01. The Morgan fingerprint density at radius 2 is 2.00 bits per heavy atom. The average molecular weight is 354 g/mol. The Morgan fingerprint density at radius 1 is 1.15 bits per heavy atom. The van der Waals surface area contributed by atoms with Gasteiger partial charge >= 0.3 is 5.69 Å². The third kappa shape index (κ3) is 3.16. The minimum atomic E-state index is -0.546. The molecule has 0 saturated carbocycles. The van der Waals surface area contributed by atoms with Gasteiger partial charge in [-0.05, 0) is 30.9 Å². The van der Waals surface area contributed by atoms with Crippen molar-refractivity contribution in [2.75, 3.05) is 24.5 Å². The lowest BCUT2D eigenvalue weighted by Gasteiger charge is -2.30. The lowest BCUT2D eigenvalue weighted by atomic mass is 10.1. The van der Waals surface area contributed by atoms with Crippen LogP contribution >= 0.6 is 0 Å². The highest BCUT2D eigenvalue weighted by atomic mass is 16.2. The minimum absolute atomic E-state index is 0.0390. The molecule has 1 N–H and O–H groups in total. The Morgan fingerprint density at radius 3 is 2.85 bits per heavy atom. The van der Waals surface area contributed by atoms with Crippen LogP contribution in [0.3, 0.4) is 0 Å². The molecule has 7 heteroatoms. The molecule has 1 amide bonds. The van der Waals surface area contributed by atoms with E-state index in [4.69, 9.17) is 0 Å². The zero-order valence-corrected chi connectivity index (χ0v) is 14.6. The molecule has 0 radical (unpaired) electrons. The SMILES string of the molecule is O=C(Cn1ccc(=O)[nH]c1=O)N1CCCC1CN1CCc2ccccc21. The lowest BCUT2D eigenvalue weighted by Crippen LogP contribution is -2.45. The minimum Gasteiger partial charge on any atom is -0.369 e. The molecular weight excluding hydrogens is 332 g/mol. The number of likely N-dealkylation sites (tertiary alicyclic amines) is 1. The summed E-state index contributed by atoms with van der Waals surface area (Å²) >= 11 is 0. The van der Waals surface area contributed by atoms with Crippen LogP contribution in [0.1, 0.15) is 18.4 Å². The van der Waals surface area contributed by atoms with Crippen molar-refractivity contribution in [3.63, 3.8) is 0 Å². The van der Waals surface area contributed by atoms with Gasteiger partial charge in [-0.2, -0.15) is 0 Å². The standard InChI is InChI=1S/C19H22N4O3/c24-17-8-11-22(19(26)20-17)13-18(25)23-9-3-5-15(23)12-21-10-7-14-4-1-2-6-16(14)21/h1-2,4,6,8,11,15H,3,5,7,9-10,12-13H2,(H,20,24,26). The van der Waals surface area contributed by atoms with Crippen molar-refractivity contribution in [3.05, 3.63) is 62.9 Å². The summed E-state index contributed by atoms with van der Waals surface area (Å²) in [6, 6.07) is 9.84. The molecule has 1 aromatic carbocycles. The van der Waals surface area contributed by atoms with Crippen LogP contribution < -0.4 is 16.1 Å². The van der Waals surface area contributed by atoms with Gasteiger partial charge in [0.05, 0.1) is 0 Å². The summed E-state index contributed by atoms with van der Waals surface area (Å²) in [7, 11) is 0. The molecule has 4 rings (SSSR count). The van der Waals surface area contributed by atoms with E-state index in [0.717, 1.165) is 38.9 Å². The Labute approximate surface area is 150 Å². The van der Waals surface area contributed by atoms with Crippen LogP contribution in [0.5, 0.6) is 0 Å². The summed E-state index contributed by atoms with van der Waals surface area (Å²) in [5.74, 6) is -0.0749. The maximum absolute atomic E-state index is 12.7. The number of hydrogen-bond donors (Lipinski definition) is 1. The van der Waals surface area contributed by atoms with Crippen molar-refractivity contribution in [1.29, 1.82) is 0 Å². The van der Waals surface area contributed by atoms with Crippen LogP contribution in [0.2, 0.25) is 0 Å². The molecule has 0 spiro atoms. The summed E-state index contributed by atoms with van der Waals surface area (Å²) in [5.41, 5.74) is 1.63. The number of amides is 1. The van der Waals surface area contributed by atoms with E-state index >= 15 is 0 Å². The number of hydrogen-bond acceptors (Lipinski definition) is 4. The molecule has 1 unspecified atom stereocenters. The van der Waals surface area contributed by atoms with Gasteiger partial charge in [-0.15, -0.1) is 0 Å². The van der Waals surface area contributed by atoms with E-state index in [9.17, 15) is 14.4 Å². The number of carbonyl (C=O) groups excluding carboxylic acids is 1. The number of aromatic nitrogens is 2. The first-order valence-electron chi connectivity index (χ1n) is 9.04. The largest absolute Gasteiger partial charge is 0.369 e. The summed E-state index contributed by atoms with van der Waals surface area (Å²) < 4.78 is 1.25. The summed E-state index contributed by atoms with van der Waals surface area (Å²) in [6.07, 6.45) is 4.38. The summed E-state index contributed by atoms with van der Waals surface area (Å²) in [6.45, 7) is 2.49. The van der Waals surface area contributed by atoms with Crippen molar-refractivity contribution >= 4 is 11.6 Å². The van der Waals surface area contributed by atoms with Gasteiger partial charge in [0.15, 0.2) is 0 Å². The Bertz CT molecular complexity index is 933. The second-order valence-electron chi connectivity index (χ2n) is 6.95. The van der Waals surface area contributed by atoms with E-state index in [0.29, 0.717) is 0 Å². The number of nitrogens with one attached hydrogen (secondary N) is 1. The molecule has 3 heterocycles. The van der Waals surface area contributed by atoms with Crippen LogP contribution in [0, 0.1) is 0 Å². The number of benzene rings is 1. The maximum Gasteiger partial charge on any atom is 0.328 e. The lowest BCUT2D eigenvalue weighted by molar-refractivity contribution is -0.132. The van der Waals surface area contributed by atoms with Crippen molar-refractivity contribution < 1.29 is 4.79 Å². The van der Waals surface area contributed by atoms with Crippen molar-refractivity contribution in [2.45, 2.75) is 31.8 Å². The topological polar surface area (TPSA) is 78.4 Å². The van der Waals surface area contributed by atoms with E-state index in [1.54, 1.807) is 0 Å². The van der Waals surface area contributed by atoms with Crippen LogP contribution in [0.4, 0.5) is 5.69 Å². The van der Waals surface area contributed by atoms with Gasteiger partial charge in [0, 0.05) is 43.6 Å². The van der Waals surface area contributed by atoms with Gasteiger partial charge in [-0.3, -0.25) is 19.1 Å². The zero-order valence-electron chi connectivity index (χ0n) is 14.6. The first kappa shape index (κ1) is 16.6. The monoisotopic (exact) mass is 354 g/mol. The molecular formula is C19H22N4O3. The van der Waals surface area contributed by atoms with Gasteiger partial charge in [-0.25, -0.2) is 4.79 Å². The third-order valence-corrected chi connectivity index (χ3v) is 5.31. The average Bonchev–Trinajstić information content (AvgIpc) is 3.25. The Balaban J connectivity index is 1.46. The number of nitrogens with zero attached hydrogens (tertiary/aromatic N) is 3. The molecule has 1 atom stereocenters. The zero-order chi connectivity index (χ0) is 18.1. The molecule has 7 nitrogen and oxygen atoms in total. The fourth-order valence-corrected chi connectivity index (χ4v) is 4.01. The Hall–Kier alpha value is -2.83. The predicted octanol–water partition coefficient (Wildman–Crippen LogP) is 0.590. The predicted molar refractivity (Wildman–Crippen MR) is 98.4 cm³/mol. The fraction of sp³-hybridized carbons (Fsp3) is 0.421. The van der Waals surface area contributed by atoms with Crippen LogP contribution in [-0.4, -0.2) is 46.0 Å². The molecule has 2 aliphatic heterocycles. The van der Waals surface area contributed by atoms with Crippen LogP contribution in [-0.2, 0) is 17.8 Å². The van der Waals surface area contributed by atoms with Crippen molar-refractivity contribution in [3.8, 4) is 0 Å². The molecule has 2 aromatic rings. The van der Waals surface area contributed by atoms with E-state index in [1.165, 1.54) is 28.1 Å². The maximum atomic E-state index is 12.7. The van der Waals surface area contributed by atoms with Crippen molar-refractivity contribution in [1.82, 2.24) is 14.5 Å². The Kier molecular flexibility index (Phi) is 4.36. The number of H-pyrrole nitrogens is 1. The van der Waals surface area contributed by atoms with Gasteiger partial charge in [-0.1, -0.05) is 18.2 Å². The molecule has 136 valence electrons. The first-order chi connectivity index (χ1) is 12.6. The molecule has 0 bridgehead atoms. The number of aromatic amines is 1. The molecule has 0 aliphatic carbocycles. The smallest absolute Gasteiger partial charge is 0.328 e. The second-order valence-corrected chi connectivity index (χ2v) is 6.95. The van der Waals surface area contributed by atoms with Gasteiger partial charge in [0.25, 0.3) is 5.56 Å². The van der Waals surface area contributed by atoms with Crippen molar-refractivity contribution in [2.24, 2.45) is 0 Å². The van der Waals surface area contributed by atoms with Gasteiger partial charge in [0.1, 0.15) is 6.54 Å². The van der Waals surface area contributed by atoms with Crippen LogP contribution in [0.25, 0.3) is 0 Å². The molecule has 1 fully saturated rings. The van der Waals surface area contributed by atoms with Crippen LogP contribution in [0.15, 0.2) is 46.1 Å². The summed E-state index contributed by atoms with van der Waals surface area (Å²) in [4.78, 5) is 42.1. The number of carbonyl (C=O) groups is 1. The number of anilines is 1. The van der Waals surface area contributed by atoms with Gasteiger partial charge in [0.2, 0.25) is 5.91 Å². The quantitative estimate of drug-likeness (QED) is 0.872. The normalized spacial score (nSPS) is 19.0. The third-order valence-electron chi connectivity index (χ3n) is 5.31. The molecule has 2 aliphatic rings.